The summed E-state index contributed by atoms with van der Waals surface area (Å²) in [7, 11) is 0. The van der Waals surface area contributed by atoms with Crippen molar-refractivity contribution in [2.75, 3.05) is 25.0 Å². The number of aryl methyl sites for hydroxylation is 1. The van der Waals surface area contributed by atoms with Gasteiger partial charge in [0, 0.05) is 42.8 Å². The molecule has 2 N–H and O–H groups in total. The van der Waals surface area contributed by atoms with Gasteiger partial charge in [-0.15, -0.1) is 0 Å². The van der Waals surface area contributed by atoms with Crippen LogP contribution < -0.4 is 10.9 Å². The molecule has 2 aromatic heterocycles. The molecule has 0 aliphatic carbocycles. The normalized spacial score (nSPS) is 14.4. The summed E-state index contributed by atoms with van der Waals surface area (Å²) in [6.07, 6.45) is 7.76. The lowest BCUT2D eigenvalue weighted by molar-refractivity contribution is -0.129. The quantitative estimate of drug-likeness (QED) is 0.670. The molecule has 1 amide bonds. The highest BCUT2D eigenvalue weighted by atomic mass is 16.5. The molecule has 3 rings (SSSR count). The van der Waals surface area contributed by atoms with Crippen LogP contribution in [0.1, 0.15) is 26.5 Å². The largest absolute Gasteiger partial charge is 0.375 e. The molecule has 0 aromatic carbocycles. The minimum Gasteiger partial charge on any atom is -0.375 e. The third-order valence-corrected chi connectivity index (χ3v) is 4.75. The number of anilines is 1. The fourth-order valence-electron chi connectivity index (χ4n) is 3.08. The summed E-state index contributed by atoms with van der Waals surface area (Å²) < 4.78 is 5.39. The Labute approximate surface area is 170 Å². The van der Waals surface area contributed by atoms with Gasteiger partial charge in [0.2, 0.25) is 5.91 Å². The lowest BCUT2D eigenvalue weighted by atomic mass is 10.1. The molecule has 1 saturated heterocycles. The predicted octanol–water partition coefficient (Wildman–Crippen LogP) is 2.60. The highest BCUT2D eigenvalue weighted by molar-refractivity contribution is 5.88. The number of ether oxygens (including phenoxy) is 1. The van der Waals surface area contributed by atoms with E-state index < -0.39 is 0 Å². The minimum atomic E-state index is -0.172. The van der Waals surface area contributed by atoms with Gasteiger partial charge < -0.3 is 19.9 Å². The van der Waals surface area contributed by atoms with Crippen LogP contribution in [0.4, 0.5) is 5.69 Å². The third kappa shape index (κ3) is 5.54. The summed E-state index contributed by atoms with van der Waals surface area (Å²) in [6, 6.07) is 5.85. The van der Waals surface area contributed by atoms with E-state index in [1.165, 1.54) is 0 Å². The van der Waals surface area contributed by atoms with Gasteiger partial charge in [-0.3, -0.25) is 14.6 Å². The first-order chi connectivity index (χ1) is 14.0. The number of carbonyl (C=O) groups excluding carboxylic acids is 1. The smallest absolute Gasteiger partial charge is 0.271 e. The number of nitrogens with zero attached hydrogens (tertiary/aromatic N) is 2. The highest BCUT2D eigenvalue weighted by Gasteiger charge is 2.29. The maximum Gasteiger partial charge on any atom is 0.271 e. The lowest BCUT2D eigenvalue weighted by Gasteiger charge is -2.39. The predicted molar refractivity (Wildman–Crippen MR) is 114 cm³/mol. The van der Waals surface area contributed by atoms with E-state index in [4.69, 9.17) is 4.74 Å². The zero-order valence-electron chi connectivity index (χ0n) is 17.1. The molecule has 1 aliphatic heterocycles. The van der Waals surface area contributed by atoms with Crippen LogP contribution in [0.3, 0.4) is 0 Å². The van der Waals surface area contributed by atoms with E-state index in [9.17, 15) is 9.59 Å². The first-order valence-electron chi connectivity index (χ1n) is 9.98. The van der Waals surface area contributed by atoms with Crippen molar-refractivity contribution in [2.24, 2.45) is 0 Å². The number of rotatable bonds is 8. The number of pyridine rings is 2. The zero-order chi connectivity index (χ0) is 20.8. The number of amides is 1. The Kier molecular flexibility index (Phi) is 6.82. The molecule has 0 unspecified atom stereocenters. The second kappa shape index (κ2) is 9.52. The number of hydrogen-bond donors (Lipinski definition) is 2. The third-order valence-electron chi connectivity index (χ3n) is 4.75. The Hall–Kier alpha value is -2.93. The Morgan fingerprint density at radius 3 is 2.90 bits per heavy atom. The van der Waals surface area contributed by atoms with Gasteiger partial charge in [0.25, 0.3) is 5.56 Å². The van der Waals surface area contributed by atoms with Gasteiger partial charge in [0.15, 0.2) is 0 Å². The van der Waals surface area contributed by atoms with Crippen LogP contribution in [0.25, 0.3) is 11.1 Å². The molecule has 1 fully saturated rings. The van der Waals surface area contributed by atoms with Crippen molar-refractivity contribution >= 4 is 11.6 Å². The van der Waals surface area contributed by atoms with Crippen LogP contribution in [-0.4, -0.2) is 52.6 Å². The molecule has 1 aliphatic rings. The summed E-state index contributed by atoms with van der Waals surface area (Å²) in [5.41, 5.74) is 3.27. The Morgan fingerprint density at radius 2 is 2.17 bits per heavy atom. The SMILES string of the molecule is CCc1cc(-c2c[nH]c(=O)c(NC3CN(C(=O)/C=C/COC(C)C)C3)c2)ccn1. The van der Waals surface area contributed by atoms with Crippen LogP contribution in [-0.2, 0) is 16.0 Å². The fourth-order valence-corrected chi connectivity index (χ4v) is 3.08. The van der Waals surface area contributed by atoms with Gasteiger partial charge in [-0.25, -0.2) is 0 Å². The molecule has 0 radical (unpaired) electrons. The lowest BCUT2D eigenvalue weighted by Crippen LogP contribution is -2.57. The number of aromatic nitrogens is 2. The molecule has 0 bridgehead atoms. The molecule has 7 heteroatoms. The molecule has 29 heavy (non-hydrogen) atoms. The average molecular weight is 396 g/mol. The number of H-pyrrole nitrogens is 1. The van der Waals surface area contributed by atoms with Crippen LogP contribution in [0.2, 0.25) is 0 Å². The summed E-state index contributed by atoms with van der Waals surface area (Å²) in [4.78, 5) is 33.2. The number of carbonyl (C=O) groups is 1. The second-order valence-electron chi connectivity index (χ2n) is 7.39. The summed E-state index contributed by atoms with van der Waals surface area (Å²) in [6.45, 7) is 7.52. The molecule has 7 nitrogen and oxygen atoms in total. The van der Waals surface area contributed by atoms with Crippen LogP contribution in [0.5, 0.6) is 0 Å². The van der Waals surface area contributed by atoms with E-state index in [0.717, 1.165) is 23.2 Å². The summed E-state index contributed by atoms with van der Waals surface area (Å²) >= 11 is 0. The fraction of sp³-hybridized carbons (Fsp3) is 0.409. The van der Waals surface area contributed by atoms with Gasteiger partial charge in [-0.1, -0.05) is 13.0 Å². The Bertz CT molecular complexity index is 930. The molecule has 0 saturated carbocycles. The number of hydrogen-bond acceptors (Lipinski definition) is 5. The molecule has 0 atom stereocenters. The highest BCUT2D eigenvalue weighted by Crippen LogP contribution is 2.21. The van der Waals surface area contributed by atoms with E-state index in [1.807, 2.05) is 32.0 Å². The molecule has 3 heterocycles. The first kappa shape index (κ1) is 20.8. The van der Waals surface area contributed by atoms with Crippen LogP contribution in [0, 0.1) is 0 Å². The maximum atomic E-state index is 12.2. The van der Waals surface area contributed by atoms with E-state index in [1.54, 1.807) is 29.4 Å². The van der Waals surface area contributed by atoms with Crippen molar-refractivity contribution in [3.8, 4) is 11.1 Å². The standard InChI is InChI=1S/C22H28N4O3/c1-4-18-10-16(7-8-23-18)17-11-20(22(28)24-12-17)25-19-13-26(14-19)21(27)6-5-9-29-15(2)3/h5-8,10-12,15,19,25H,4,9,13-14H2,1-3H3,(H,24,28)/b6-5+. The second-order valence-corrected chi connectivity index (χ2v) is 7.39. The van der Waals surface area contributed by atoms with E-state index in [0.29, 0.717) is 25.4 Å². The molecule has 154 valence electrons. The van der Waals surface area contributed by atoms with E-state index in [-0.39, 0.29) is 23.6 Å². The first-order valence-corrected chi connectivity index (χ1v) is 9.98. The Morgan fingerprint density at radius 1 is 1.38 bits per heavy atom. The van der Waals surface area contributed by atoms with Gasteiger partial charge in [0.1, 0.15) is 5.69 Å². The summed E-state index contributed by atoms with van der Waals surface area (Å²) in [5.74, 6) is -0.0399. The van der Waals surface area contributed by atoms with E-state index >= 15 is 0 Å². The van der Waals surface area contributed by atoms with Crippen LogP contribution in [0.15, 0.2) is 47.5 Å². The van der Waals surface area contributed by atoms with Crippen molar-refractivity contribution < 1.29 is 9.53 Å². The number of aromatic amines is 1. The molecular weight excluding hydrogens is 368 g/mol. The molecule has 2 aromatic rings. The van der Waals surface area contributed by atoms with E-state index in [2.05, 4.69) is 22.2 Å². The van der Waals surface area contributed by atoms with Gasteiger partial charge in [-0.2, -0.15) is 0 Å². The summed E-state index contributed by atoms with van der Waals surface area (Å²) in [5, 5.41) is 3.25. The van der Waals surface area contributed by atoms with Crippen molar-refractivity contribution in [1.29, 1.82) is 0 Å². The molecular formula is C22H28N4O3. The zero-order valence-corrected chi connectivity index (χ0v) is 17.1. The van der Waals surface area contributed by atoms with Gasteiger partial charge in [-0.05, 0) is 44.0 Å². The topological polar surface area (TPSA) is 87.3 Å². The van der Waals surface area contributed by atoms with Crippen molar-refractivity contribution in [3.63, 3.8) is 0 Å². The molecule has 0 spiro atoms. The van der Waals surface area contributed by atoms with Crippen molar-refractivity contribution in [3.05, 3.63) is 58.8 Å². The van der Waals surface area contributed by atoms with Crippen LogP contribution >= 0.6 is 0 Å². The van der Waals surface area contributed by atoms with Crippen molar-refractivity contribution in [2.45, 2.75) is 39.3 Å². The average Bonchev–Trinajstić information content (AvgIpc) is 2.68. The number of likely N-dealkylation sites (tertiary alicyclic amines) is 1. The Balaban J connectivity index is 1.58. The minimum absolute atomic E-state index is 0.0399. The number of nitrogens with one attached hydrogen (secondary N) is 2. The van der Waals surface area contributed by atoms with Gasteiger partial charge in [0.05, 0.1) is 18.8 Å². The maximum absolute atomic E-state index is 12.2. The monoisotopic (exact) mass is 396 g/mol. The van der Waals surface area contributed by atoms with Crippen molar-refractivity contribution in [1.82, 2.24) is 14.9 Å². The van der Waals surface area contributed by atoms with Gasteiger partial charge >= 0.3 is 0 Å².